The highest BCUT2D eigenvalue weighted by Gasteiger charge is 2.15. The molecule has 1 aromatic heterocycles. The number of nitrogens with zero attached hydrogens (tertiary/aromatic N) is 3. The number of carbonyl (C=O) groups excluding carboxylic acids is 1. The zero-order valence-corrected chi connectivity index (χ0v) is 15.1. The molecule has 0 fully saturated rings. The number of Topliss-reactive ketones (excluding diaryl/α,β-unsaturated/α-hetero) is 1. The molecule has 1 aromatic carbocycles. The zero-order chi connectivity index (χ0) is 18.1. The van der Waals surface area contributed by atoms with Gasteiger partial charge in [0.05, 0.1) is 23.2 Å². The molecule has 1 heterocycles. The first-order valence-electron chi connectivity index (χ1n) is 6.59. The summed E-state index contributed by atoms with van der Waals surface area (Å²) in [5.41, 5.74) is 0.0604. The van der Waals surface area contributed by atoms with E-state index < -0.39 is 15.6 Å². The minimum Gasteiger partial charge on any atom is -0.292 e. The summed E-state index contributed by atoms with van der Waals surface area (Å²) in [6.07, 6.45) is 2.26. The number of carbonyl (C=O) groups is 1. The molecule has 7 nitrogen and oxygen atoms in total. The van der Waals surface area contributed by atoms with Crippen molar-refractivity contribution in [2.75, 3.05) is 17.6 Å². The van der Waals surface area contributed by atoms with Crippen LogP contribution in [0.4, 0.5) is 5.69 Å². The monoisotopic (exact) mass is 389 g/mol. The predicted molar refractivity (Wildman–Crippen MR) is 92.5 cm³/mol. The Morgan fingerprint density at radius 2 is 1.83 bits per heavy atom. The number of anilines is 1. The van der Waals surface area contributed by atoms with Crippen LogP contribution in [0.25, 0.3) is 0 Å². The van der Waals surface area contributed by atoms with Gasteiger partial charge in [-0.05, 0) is 24.3 Å². The van der Waals surface area contributed by atoms with Crippen molar-refractivity contribution in [1.29, 1.82) is 0 Å². The Bertz CT molecular complexity index is 939. The molecule has 0 aliphatic carbocycles. The first kappa shape index (κ1) is 18.4. The maximum absolute atomic E-state index is 12.2. The van der Waals surface area contributed by atoms with Crippen LogP contribution in [-0.4, -0.2) is 37.3 Å². The Morgan fingerprint density at radius 3 is 2.38 bits per heavy atom. The van der Waals surface area contributed by atoms with E-state index in [1.165, 1.54) is 37.5 Å². The van der Waals surface area contributed by atoms with Crippen molar-refractivity contribution in [2.45, 2.75) is 6.54 Å². The van der Waals surface area contributed by atoms with E-state index >= 15 is 0 Å². The van der Waals surface area contributed by atoms with Crippen LogP contribution in [0.1, 0.15) is 10.4 Å². The van der Waals surface area contributed by atoms with Gasteiger partial charge in [-0.15, -0.1) is 0 Å². The van der Waals surface area contributed by atoms with E-state index in [1.807, 2.05) is 0 Å². The van der Waals surface area contributed by atoms with Crippen molar-refractivity contribution in [3.63, 3.8) is 0 Å². The zero-order valence-electron chi connectivity index (χ0n) is 12.7. The van der Waals surface area contributed by atoms with Crippen molar-refractivity contribution in [3.8, 4) is 0 Å². The van der Waals surface area contributed by atoms with Gasteiger partial charge < -0.3 is 0 Å². The molecule has 0 unspecified atom stereocenters. The molecule has 0 saturated carbocycles. The lowest BCUT2D eigenvalue weighted by molar-refractivity contribution is 0.0965. The fourth-order valence-electron chi connectivity index (χ4n) is 1.83. The Balaban J connectivity index is 2.23. The van der Waals surface area contributed by atoms with Crippen LogP contribution in [0.3, 0.4) is 0 Å². The number of benzene rings is 1. The number of hydrogen-bond acceptors (Lipinski definition) is 5. The van der Waals surface area contributed by atoms with Crippen molar-refractivity contribution < 1.29 is 13.2 Å². The summed E-state index contributed by atoms with van der Waals surface area (Å²) >= 11 is 11.4. The van der Waals surface area contributed by atoms with Gasteiger partial charge in [-0.1, -0.05) is 23.2 Å². The summed E-state index contributed by atoms with van der Waals surface area (Å²) < 4.78 is 25.0. The van der Waals surface area contributed by atoms with Crippen LogP contribution < -0.4 is 9.86 Å². The normalized spacial score (nSPS) is 11.3. The highest BCUT2D eigenvalue weighted by Crippen LogP contribution is 2.17. The molecule has 2 aromatic rings. The van der Waals surface area contributed by atoms with Gasteiger partial charge in [-0.3, -0.25) is 13.9 Å². The van der Waals surface area contributed by atoms with E-state index in [0.29, 0.717) is 11.3 Å². The quantitative estimate of drug-likeness (QED) is 0.727. The molecular weight excluding hydrogens is 377 g/mol. The van der Waals surface area contributed by atoms with Gasteiger partial charge in [0.25, 0.3) is 5.56 Å². The van der Waals surface area contributed by atoms with Gasteiger partial charge in [0.1, 0.15) is 11.6 Å². The number of rotatable bonds is 5. The maximum Gasteiger partial charge on any atom is 0.287 e. The van der Waals surface area contributed by atoms with E-state index in [0.717, 1.165) is 15.2 Å². The van der Waals surface area contributed by atoms with Crippen LogP contribution in [-0.2, 0) is 16.6 Å². The molecule has 24 heavy (non-hydrogen) atoms. The molecule has 0 radical (unpaired) electrons. The van der Waals surface area contributed by atoms with Crippen molar-refractivity contribution in [2.24, 2.45) is 0 Å². The molecule has 0 N–H and O–H groups in total. The third-order valence-corrected chi connectivity index (χ3v) is 5.24. The Kier molecular flexibility index (Phi) is 5.32. The second kappa shape index (κ2) is 6.92. The van der Waals surface area contributed by atoms with Gasteiger partial charge in [0, 0.05) is 12.6 Å². The van der Waals surface area contributed by atoms with E-state index in [2.05, 4.69) is 5.10 Å². The smallest absolute Gasteiger partial charge is 0.287 e. The average Bonchev–Trinajstić information content (AvgIpc) is 2.54. The topological polar surface area (TPSA) is 89.3 Å². The third-order valence-electron chi connectivity index (χ3n) is 3.29. The van der Waals surface area contributed by atoms with Crippen LogP contribution in [0.15, 0.2) is 35.3 Å². The number of aromatic nitrogens is 2. The fourth-order valence-corrected chi connectivity index (χ4v) is 2.61. The van der Waals surface area contributed by atoms with Gasteiger partial charge in [0.2, 0.25) is 10.0 Å². The second-order valence-corrected chi connectivity index (χ2v) is 7.77. The molecule has 10 heteroatoms. The second-order valence-electron chi connectivity index (χ2n) is 4.97. The SMILES string of the molecule is CN(c1ccc(C(=O)Cn2ncc(Cl)c(Cl)c2=O)cc1)S(C)(=O)=O. The number of sulfonamides is 1. The molecule has 2 rings (SSSR count). The Hall–Kier alpha value is -1.90. The maximum atomic E-state index is 12.2. The molecule has 0 atom stereocenters. The van der Waals surface area contributed by atoms with Gasteiger partial charge >= 0.3 is 0 Å². The lowest BCUT2D eigenvalue weighted by Gasteiger charge is -2.16. The van der Waals surface area contributed by atoms with E-state index in [9.17, 15) is 18.0 Å². The molecule has 0 saturated heterocycles. The standard InChI is InChI=1S/C14H13Cl2N3O4S/c1-18(24(2,22)23)10-5-3-9(4-6-10)12(20)8-19-14(21)13(16)11(15)7-17-19/h3-7H,8H2,1-2H3. The molecule has 0 bridgehead atoms. The first-order chi connectivity index (χ1) is 11.1. The summed E-state index contributed by atoms with van der Waals surface area (Å²) in [5, 5.41) is 3.57. The van der Waals surface area contributed by atoms with Crippen molar-refractivity contribution >= 4 is 44.7 Å². The van der Waals surface area contributed by atoms with Gasteiger partial charge in [-0.25, -0.2) is 13.1 Å². The lowest BCUT2D eigenvalue weighted by Crippen LogP contribution is -2.27. The number of ketones is 1. The summed E-state index contributed by atoms with van der Waals surface area (Å²) in [7, 11) is -1.98. The first-order valence-corrected chi connectivity index (χ1v) is 9.20. The molecule has 0 amide bonds. The number of halogens is 2. The largest absolute Gasteiger partial charge is 0.292 e. The minimum atomic E-state index is -3.39. The highest BCUT2D eigenvalue weighted by atomic mass is 35.5. The van der Waals surface area contributed by atoms with Crippen LogP contribution in [0.2, 0.25) is 10.0 Å². The van der Waals surface area contributed by atoms with Crippen LogP contribution >= 0.6 is 23.2 Å². The van der Waals surface area contributed by atoms with Gasteiger partial charge in [0.15, 0.2) is 5.78 Å². The van der Waals surface area contributed by atoms with E-state index in [4.69, 9.17) is 23.2 Å². The third kappa shape index (κ3) is 3.95. The van der Waals surface area contributed by atoms with E-state index in [1.54, 1.807) is 0 Å². The van der Waals surface area contributed by atoms with Crippen molar-refractivity contribution in [1.82, 2.24) is 9.78 Å². The molecular formula is C14H13Cl2N3O4S. The molecule has 0 spiro atoms. The fraction of sp³-hybridized carbons (Fsp3) is 0.214. The molecule has 128 valence electrons. The van der Waals surface area contributed by atoms with Crippen LogP contribution in [0, 0.1) is 0 Å². The Labute approximate surface area is 148 Å². The van der Waals surface area contributed by atoms with Gasteiger partial charge in [-0.2, -0.15) is 5.10 Å². The lowest BCUT2D eigenvalue weighted by atomic mass is 10.1. The predicted octanol–water partition coefficient (Wildman–Crippen LogP) is 1.83. The summed E-state index contributed by atoms with van der Waals surface area (Å²) in [4.78, 5) is 24.1. The summed E-state index contributed by atoms with van der Waals surface area (Å²) in [5.74, 6) is -0.378. The van der Waals surface area contributed by atoms with Crippen LogP contribution in [0.5, 0.6) is 0 Å². The highest BCUT2D eigenvalue weighted by molar-refractivity contribution is 7.92. The minimum absolute atomic E-state index is 0.0125. The molecule has 0 aliphatic heterocycles. The Morgan fingerprint density at radius 1 is 1.25 bits per heavy atom. The van der Waals surface area contributed by atoms with E-state index in [-0.39, 0.29) is 22.4 Å². The molecule has 0 aliphatic rings. The summed E-state index contributed by atoms with van der Waals surface area (Å²) in [6.45, 7) is -0.309. The van der Waals surface area contributed by atoms with Crippen molar-refractivity contribution in [3.05, 3.63) is 56.4 Å². The average molecular weight is 390 g/mol. The summed E-state index contributed by atoms with van der Waals surface area (Å²) in [6, 6.07) is 5.95. The number of hydrogen-bond donors (Lipinski definition) is 0.